The summed E-state index contributed by atoms with van der Waals surface area (Å²) in [7, 11) is 0. The van der Waals surface area contributed by atoms with Crippen LogP contribution in [0.2, 0.25) is 0 Å². The monoisotopic (exact) mass is 407 g/mol. The van der Waals surface area contributed by atoms with Gasteiger partial charge in [-0.2, -0.15) is 0 Å². The summed E-state index contributed by atoms with van der Waals surface area (Å²) in [5.41, 5.74) is 3.69. The Hall–Kier alpha value is -2.93. The Kier molecular flexibility index (Phi) is 4.67. The summed E-state index contributed by atoms with van der Waals surface area (Å²) in [5.74, 6) is -0.289. The lowest BCUT2D eigenvalue weighted by Crippen LogP contribution is -2.18. The molecule has 0 unspecified atom stereocenters. The fraction of sp³-hybridized carbons (Fsp3) is 0.318. The normalized spacial score (nSPS) is 13.7. The third kappa shape index (κ3) is 3.46. The third-order valence-corrected chi connectivity index (χ3v) is 6.61. The summed E-state index contributed by atoms with van der Waals surface area (Å²) in [6.45, 7) is 0.0288. The predicted octanol–water partition coefficient (Wildman–Crippen LogP) is 3.79. The van der Waals surface area contributed by atoms with Crippen LogP contribution in [0.1, 0.15) is 41.1 Å². The number of rotatable bonds is 5. The van der Waals surface area contributed by atoms with Crippen LogP contribution in [0.3, 0.4) is 0 Å². The van der Waals surface area contributed by atoms with Gasteiger partial charge in [-0.25, -0.2) is 4.98 Å². The molecule has 0 aliphatic heterocycles. The van der Waals surface area contributed by atoms with E-state index < -0.39 is 0 Å². The lowest BCUT2D eigenvalue weighted by molar-refractivity contribution is -0.145. The van der Waals surface area contributed by atoms with Crippen LogP contribution < -0.4 is 5.56 Å². The van der Waals surface area contributed by atoms with Crippen LogP contribution in [0.15, 0.2) is 41.3 Å². The van der Waals surface area contributed by atoms with Crippen molar-refractivity contribution in [3.63, 3.8) is 0 Å². The number of esters is 1. The number of nitrogens with zero attached hydrogens (tertiary/aromatic N) is 2. The van der Waals surface area contributed by atoms with Crippen molar-refractivity contribution < 1.29 is 9.53 Å². The highest BCUT2D eigenvalue weighted by Crippen LogP contribution is 2.28. The van der Waals surface area contributed by atoms with Crippen molar-refractivity contribution in [2.75, 3.05) is 0 Å². The molecule has 29 heavy (non-hydrogen) atoms. The van der Waals surface area contributed by atoms with Crippen molar-refractivity contribution in [1.82, 2.24) is 14.4 Å². The minimum absolute atomic E-state index is 0.0288. The Morgan fingerprint density at radius 2 is 2.10 bits per heavy atom. The Labute approximate surface area is 171 Å². The fourth-order valence-corrected chi connectivity index (χ4v) is 5.25. The largest absolute Gasteiger partial charge is 0.459 e. The summed E-state index contributed by atoms with van der Waals surface area (Å²) < 4.78 is 7.11. The first-order valence-corrected chi connectivity index (χ1v) is 10.7. The van der Waals surface area contributed by atoms with Crippen LogP contribution in [0.25, 0.3) is 15.9 Å². The van der Waals surface area contributed by atoms with Gasteiger partial charge in [0.25, 0.3) is 5.56 Å². The minimum atomic E-state index is -0.289. The molecule has 0 bridgehead atoms. The number of ether oxygens (including phenoxy) is 1. The molecule has 0 spiro atoms. The molecule has 0 amide bonds. The first-order valence-electron chi connectivity index (χ1n) is 9.93. The number of thiazole rings is 1. The number of nitrogens with one attached hydrogen (secondary N) is 1. The molecule has 0 fully saturated rings. The SMILES string of the molecule is O=C(CCc1c[nH]c2ccccc12)OCc1cc(=O)n2c3c(sc2n1)CCCC3. The van der Waals surface area contributed by atoms with Gasteiger partial charge in [0.05, 0.1) is 5.69 Å². The molecular formula is C22H21N3O3S. The van der Waals surface area contributed by atoms with Crippen LogP contribution in [-0.4, -0.2) is 20.3 Å². The van der Waals surface area contributed by atoms with E-state index in [0.29, 0.717) is 17.1 Å². The average molecular weight is 407 g/mol. The van der Waals surface area contributed by atoms with Gasteiger partial charge in [0.15, 0.2) is 4.96 Å². The van der Waals surface area contributed by atoms with E-state index in [9.17, 15) is 9.59 Å². The van der Waals surface area contributed by atoms with E-state index in [0.717, 1.165) is 47.8 Å². The second-order valence-corrected chi connectivity index (χ2v) is 8.46. The predicted molar refractivity (Wildman–Crippen MR) is 112 cm³/mol. The Morgan fingerprint density at radius 1 is 1.24 bits per heavy atom. The molecule has 7 heteroatoms. The number of fused-ring (bicyclic) bond motifs is 4. The maximum absolute atomic E-state index is 12.6. The fourth-order valence-electron chi connectivity index (χ4n) is 4.02. The Balaban J connectivity index is 1.25. The van der Waals surface area contributed by atoms with Crippen molar-refractivity contribution in [2.24, 2.45) is 0 Å². The van der Waals surface area contributed by atoms with E-state index >= 15 is 0 Å². The number of hydrogen-bond donors (Lipinski definition) is 1. The highest BCUT2D eigenvalue weighted by molar-refractivity contribution is 7.17. The molecule has 0 radical (unpaired) electrons. The van der Waals surface area contributed by atoms with E-state index in [1.165, 1.54) is 10.9 Å². The van der Waals surface area contributed by atoms with Crippen LogP contribution in [0.5, 0.6) is 0 Å². The van der Waals surface area contributed by atoms with Gasteiger partial charge in [0, 0.05) is 40.2 Å². The molecular weight excluding hydrogens is 386 g/mol. The van der Waals surface area contributed by atoms with Gasteiger partial charge in [-0.15, -0.1) is 11.3 Å². The number of H-pyrrole nitrogens is 1. The molecule has 1 aromatic carbocycles. The van der Waals surface area contributed by atoms with Crippen molar-refractivity contribution in [1.29, 1.82) is 0 Å². The minimum Gasteiger partial charge on any atom is -0.459 e. The molecule has 3 heterocycles. The second-order valence-electron chi connectivity index (χ2n) is 7.40. The van der Waals surface area contributed by atoms with Gasteiger partial charge < -0.3 is 9.72 Å². The van der Waals surface area contributed by atoms with Crippen molar-refractivity contribution in [3.05, 3.63) is 68.7 Å². The Bertz CT molecular complexity index is 1270. The van der Waals surface area contributed by atoms with Gasteiger partial charge in [0.1, 0.15) is 6.61 Å². The number of aromatic amines is 1. The molecule has 1 aliphatic carbocycles. The number of aromatic nitrogens is 3. The van der Waals surface area contributed by atoms with Crippen LogP contribution in [-0.2, 0) is 35.4 Å². The number of hydrogen-bond acceptors (Lipinski definition) is 5. The third-order valence-electron chi connectivity index (χ3n) is 5.47. The first kappa shape index (κ1) is 18.1. The molecule has 3 aromatic heterocycles. The van der Waals surface area contributed by atoms with E-state index in [2.05, 4.69) is 9.97 Å². The highest BCUT2D eigenvalue weighted by atomic mass is 32.1. The lowest BCUT2D eigenvalue weighted by Gasteiger charge is -2.10. The summed E-state index contributed by atoms with van der Waals surface area (Å²) in [5, 5.41) is 1.13. The summed E-state index contributed by atoms with van der Waals surface area (Å²) in [6.07, 6.45) is 7.05. The van der Waals surface area contributed by atoms with Crippen molar-refractivity contribution >= 4 is 33.2 Å². The number of carbonyl (C=O) groups excluding carboxylic acids is 1. The lowest BCUT2D eigenvalue weighted by atomic mass is 10.0. The number of para-hydroxylation sites is 1. The van der Waals surface area contributed by atoms with Crippen molar-refractivity contribution in [3.8, 4) is 0 Å². The smallest absolute Gasteiger partial charge is 0.306 e. The van der Waals surface area contributed by atoms with Gasteiger partial charge in [-0.1, -0.05) is 18.2 Å². The molecule has 6 nitrogen and oxygen atoms in total. The van der Waals surface area contributed by atoms with Crippen LogP contribution >= 0.6 is 11.3 Å². The summed E-state index contributed by atoms with van der Waals surface area (Å²) >= 11 is 1.58. The summed E-state index contributed by atoms with van der Waals surface area (Å²) in [4.78, 5) is 34.5. The molecule has 0 saturated carbocycles. The van der Waals surface area contributed by atoms with Gasteiger partial charge in [0.2, 0.25) is 0 Å². The summed E-state index contributed by atoms with van der Waals surface area (Å²) in [6, 6.07) is 9.51. The Morgan fingerprint density at radius 3 is 3.03 bits per heavy atom. The first-order chi connectivity index (χ1) is 14.2. The van der Waals surface area contributed by atoms with Gasteiger partial charge >= 0.3 is 5.97 Å². The zero-order valence-electron chi connectivity index (χ0n) is 15.9. The number of carbonyl (C=O) groups is 1. The van der Waals surface area contributed by atoms with E-state index in [1.54, 1.807) is 15.7 Å². The molecule has 4 aromatic rings. The van der Waals surface area contributed by atoms with Crippen LogP contribution in [0, 0.1) is 0 Å². The van der Waals surface area contributed by atoms with Gasteiger partial charge in [-0.05, 0) is 43.7 Å². The number of aryl methyl sites for hydroxylation is 3. The van der Waals surface area contributed by atoms with E-state index in [4.69, 9.17) is 4.74 Å². The molecule has 1 N–H and O–H groups in total. The molecule has 0 atom stereocenters. The van der Waals surface area contributed by atoms with E-state index in [1.807, 2.05) is 30.5 Å². The molecule has 0 saturated heterocycles. The average Bonchev–Trinajstić information content (AvgIpc) is 3.32. The quantitative estimate of drug-likeness (QED) is 0.511. The van der Waals surface area contributed by atoms with Crippen molar-refractivity contribution in [2.45, 2.75) is 45.1 Å². The highest BCUT2D eigenvalue weighted by Gasteiger charge is 2.18. The van der Waals surface area contributed by atoms with E-state index in [-0.39, 0.29) is 24.6 Å². The van der Waals surface area contributed by atoms with Crippen LogP contribution in [0.4, 0.5) is 0 Å². The van der Waals surface area contributed by atoms with Gasteiger partial charge in [-0.3, -0.25) is 14.0 Å². The second kappa shape index (κ2) is 7.48. The zero-order chi connectivity index (χ0) is 19.8. The maximum atomic E-state index is 12.6. The topological polar surface area (TPSA) is 76.5 Å². The molecule has 1 aliphatic rings. The maximum Gasteiger partial charge on any atom is 0.306 e. The number of benzene rings is 1. The standard InChI is InChI=1S/C22H21N3O3S/c26-20-11-15(24-22-25(20)18-7-3-4-8-19(18)29-22)13-28-21(27)10-9-14-12-23-17-6-2-1-5-16(14)17/h1-2,5-6,11-12,23H,3-4,7-10,13H2. The molecule has 5 rings (SSSR count). The molecule has 148 valence electrons. The zero-order valence-corrected chi connectivity index (χ0v) is 16.8.